The van der Waals surface area contributed by atoms with Gasteiger partial charge >= 0.3 is 5.97 Å². The topological polar surface area (TPSA) is 98.5 Å². The Bertz CT molecular complexity index is 548. The van der Waals surface area contributed by atoms with Gasteiger partial charge in [-0.25, -0.2) is 0 Å². The van der Waals surface area contributed by atoms with Crippen molar-refractivity contribution in [3.8, 4) is 0 Å². The van der Waals surface area contributed by atoms with Crippen molar-refractivity contribution in [1.82, 2.24) is 5.32 Å². The Hall–Kier alpha value is -2.08. The number of nitrogens with one attached hydrogen (secondary N) is 1. The fraction of sp³-hybridized carbons (Fsp3) is 0.400. The highest BCUT2D eigenvalue weighted by molar-refractivity contribution is 6.30. The lowest BCUT2D eigenvalue weighted by molar-refractivity contribution is -0.144. The van der Waals surface area contributed by atoms with Crippen LogP contribution >= 0.6 is 11.6 Å². The maximum absolute atomic E-state index is 11.8. The molecular formula is C15H19ClN2O4. The maximum Gasteiger partial charge on any atom is 0.306 e. The molecule has 0 unspecified atom stereocenters. The zero-order valence-corrected chi connectivity index (χ0v) is 13.1. The number of esters is 1. The Morgan fingerprint density at radius 2 is 2.05 bits per heavy atom. The first-order valence-electron chi connectivity index (χ1n) is 6.91. The van der Waals surface area contributed by atoms with E-state index >= 15 is 0 Å². The number of hydrogen-bond acceptors (Lipinski definition) is 4. The van der Waals surface area contributed by atoms with Gasteiger partial charge in [-0.15, -0.1) is 0 Å². The van der Waals surface area contributed by atoms with Gasteiger partial charge in [0, 0.05) is 17.9 Å². The molecule has 0 bridgehead atoms. The Labute approximate surface area is 134 Å². The van der Waals surface area contributed by atoms with Gasteiger partial charge < -0.3 is 15.8 Å². The van der Waals surface area contributed by atoms with Gasteiger partial charge in [-0.2, -0.15) is 0 Å². The smallest absolute Gasteiger partial charge is 0.306 e. The number of halogens is 1. The first-order chi connectivity index (χ1) is 10.4. The summed E-state index contributed by atoms with van der Waals surface area (Å²) in [5.41, 5.74) is 6.08. The lowest BCUT2D eigenvalue weighted by atomic mass is 10.1. The van der Waals surface area contributed by atoms with Gasteiger partial charge in [-0.3, -0.25) is 14.4 Å². The monoisotopic (exact) mass is 326 g/mol. The van der Waals surface area contributed by atoms with Gasteiger partial charge in [0.05, 0.1) is 13.0 Å². The molecule has 7 heteroatoms. The lowest BCUT2D eigenvalue weighted by Gasteiger charge is -2.15. The summed E-state index contributed by atoms with van der Waals surface area (Å²) < 4.78 is 4.73. The minimum Gasteiger partial charge on any atom is -0.466 e. The van der Waals surface area contributed by atoms with E-state index < -0.39 is 23.8 Å². The lowest BCUT2D eigenvalue weighted by Crippen LogP contribution is -2.45. The van der Waals surface area contributed by atoms with E-state index in [1.165, 1.54) is 0 Å². The summed E-state index contributed by atoms with van der Waals surface area (Å²) in [6.07, 6.45) is 0.140. The number of nitrogens with two attached hydrogens (primary N) is 1. The molecule has 0 aromatic heterocycles. The third-order valence-corrected chi connectivity index (χ3v) is 3.10. The minimum absolute atomic E-state index is 0.0394. The third-order valence-electron chi connectivity index (χ3n) is 2.87. The molecule has 3 N–H and O–H groups in total. The molecule has 0 heterocycles. The van der Waals surface area contributed by atoms with Crippen molar-refractivity contribution in [2.24, 2.45) is 5.73 Å². The summed E-state index contributed by atoms with van der Waals surface area (Å²) in [7, 11) is 0. The number of carbonyl (C=O) groups excluding carboxylic acids is 3. The molecule has 1 aromatic rings. The fourth-order valence-corrected chi connectivity index (χ4v) is 2.05. The van der Waals surface area contributed by atoms with Crippen LogP contribution in [0, 0.1) is 0 Å². The molecule has 6 nitrogen and oxygen atoms in total. The Morgan fingerprint density at radius 1 is 1.32 bits per heavy atom. The molecular weight excluding hydrogens is 308 g/mol. The molecule has 0 aliphatic heterocycles. The van der Waals surface area contributed by atoms with Crippen LogP contribution in [0.25, 0.3) is 0 Å². The summed E-state index contributed by atoms with van der Waals surface area (Å²) in [6.45, 7) is 1.95. The first-order valence-corrected chi connectivity index (χ1v) is 7.29. The van der Waals surface area contributed by atoms with Gasteiger partial charge in [0.2, 0.25) is 11.8 Å². The predicted octanol–water partition coefficient (Wildman–Crippen LogP) is 1.20. The van der Waals surface area contributed by atoms with E-state index in [1.54, 1.807) is 31.2 Å². The maximum atomic E-state index is 11.8. The van der Waals surface area contributed by atoms with E-state index in [1.807, 2.05) is 0 Å². The van der Waals surface area contributed by atoms with Crippen molar-refractivity contribution in [2.45, 2.75) is 32.2 Å². The van der Waals surface area contributed by atoms with Crippen LogP contribution in [-0.2, 0) is 25.5 Å². The highest BCUT2D eigenvalue weighted by Gasteiger charge is 2.19. The Morgan fingerprint density at radius 3 is 2.64 bits per heavy atom. The average molecular weight is 327 g/mol. The Balaban J connectivity index is 2.55. The molecule has 0 saturated carbocycles. The zero-order valence-electron chi connectivity index (χ0n) is 12.3. The summed E-state index contributed by atoms with van der Waals surface area (Å²) in [6, 6.07) is 6.09. The highest BCUT2D eigenvalue weighted by atomic mass is 35.5. The predicted molar refractivity (Wildman–Crippen MR) is 82.1 cm³/mol. The largest absolute Gasteiger partial charge is 0.466 e. The summed E-state index contributed by atoms with van der Waals surface area (Å²) in [4.78, 5) is 34.4. The highest BCUT2D eigenvalue weighted by Crippen LogP contribution is 2.12. The molecule has 0 radical (unpaired) electrons. The van der Waals surface area contributed by atoms with Crippen LogP contribution in [-0.4, -0.2) is 30.4 Å². The van der Waals surface area contributed by atoms with Crippen LogP contribution < -0.4 is 11.1 Å². The molecule has 0 aliphatic carbocycles. The fourth-order valence-electron chi connectivity index (χ4n) is 1.84. The summed E-state index contributed by atoms with van der Waals surface area (Å²) >= 11 is 5.87. The molecule has 22 heavy (non-hydrogen) atoms. The summed E-state index contributed by atoms with van der Waals surface area (Å²) in [5.74, 6) is -1.54. The van der Waals surface area contributed by atoms with Gasteiger partial charge in [0.25, 0.3) is 0 Å². The molecule has 0 aliphatic rings. The number of ether oxygens (including phenoxy) is 1. The van der Waals surface area contributed by atoms with E-state index in [4.69, 9.17) is 22.1 Å². The van der Waals surface area contributed by atoms with Crippen molar-refractivity contribution in [3.63, 3.8) is 0 Å². The van der Waals surface area contributed by atoms with E-state index in [2.05, 4.69) is 5.32 Å². The van der Waals surface area contributed by atoms with Crippen LogP contribution in [0.1, 0.15) is 25.3 Å². The second kappa shape index (κ2) is 9.04. The average Bonchev–Trinajstić information content (AvgIpc) is 2.45. The first kappa shape index (κ1) is 18.0. The zero-order chi connectivity index (χ0) is 16.5. The van der Waals surface area contributed by atoms with Crippen molar-refractivity contribution < 1.29 is 19.1 Å². The van der Waals surface area contributed by atoms with Crippen molar-refractivity contribution >= 4 is 29.4 Å². The second-order valence-electron chi connectivity index (χ2n) is 4.66. The number of carbonyl (C=O) groups is 3. The summed E-state index contributed by atoms with van der Waals surface area (Å²) in [5, 5.41) is 3.05. The standard InChI is InChI=1S/C15H19ClN2O4/c1-2-22-14(20)7-6-13(19)18-12(15(17)21)9-10-4-3-5-11(16)8-10/h3-5,8,12H,2,6-7,9H2,1H3,(H2,17,21)(H,18,19)/t12-/m0/s1. The van der Waals surface area contributed by atoms with Gasteiger partial charge in [-0.1, -0.05) is 23.7 Å². The van der Waals surface area contributed by atoms with Gasteiger partial charge in [0.1, 0.15) is 6.04 Å². The SMILES string of the molecule is CCOC(=O)CCC(=O)N[C@@H](Cc1cccc(Cl)c1)C(N)=O. The molecule has 1 rings (SSSR count). The number of rotatable bonds is 8. The molecule has 0 saturated heterocycles. The molecule has 1 aromatic carbocycles. The van der Waals surface area contributed by atoms with Crippen LogP contribution in [0.3, 0.4) is 0 Å². The van der Waals surface area contributed by atoms with E-state index in [0.29, 0.717) is 5.02 Å². The number of hydrogen-bond donors (Lipinski definition) is 2. The molecule has 1 atom stereocenters. The molecule has 0 spiro atoms. The quantitative estimate of drug-likeness (QED) is 0.701. The third kappa shape index (κ3) is 6.58. The van der Waals surface area contributed by atoms with Gasteiger partial charge in [-0.05, 0) is 24.6 Å². The van der Waals surface area contributed by atoms with E-state index in [-0.39, 0.29) is 25.9 Å². The van der Waals surface area contributed by atoms with Crippen LogP contribution in [0.4, 0.5) is 0 Å². The van der Waals surface area contributed by atoms with E-state index in [0.717, 1.165) is 5.56 Å². The Kier molecular flexibility index (Phi) is 7.39. The molecule has 0 fully saturated rings. The van der Waals surface area contributed by atoms with Gasteiger partial charge in [0.15, 0.2) is 0 Å². The normalized spacial score (nSPS) is 11.5. The van der Waals surface area contributed by atoms with Crippen molar-refractivity contribution in [3.05, 3.63) is 34.9 Å². The van der Waals surface area contributed by atoms with Crippen LogP contribution in [0.15, 0.2) is 24.3 Å². The van der Waals surface area contributed by atoms with Crippen molar-refractivity contribution in [1.29, 1.82) is 0 Å². The number of amides is 2. The molecule has 120 valence electrons. The van der Waals surface area contributed by atoms with E-state index in [9.17, 15) is 14.4 Å². The van der Waals surface area contributed by atoms with Crippen LogP contribution in [0.5, 0.6) is 0 Å². The van der Waals surface area contributed by atoms with Crippen molar-refractivity contribution in [2.75, 3.05) is 6.61 Å². The second-order valence-corrected chi connectivity index (χ2v) is 5.10. The molecule has 2 amide bonds. The number of primary amides is 1. The van der Waals surface area contributed by atoms with Crippen LogP contribution in [0.2, 0.25) is 5.02 Å². The number of benzene rings is 1. The minimum atomic E-state index is -0.854.